The lowest BCUT2D eigenvalue weighted by Gasteiger charge is -2.26. The van der Waals surface area contributed by atoms with E-state index in [1.807, 2.05) is 29.2 Å². The number of carbonyl (C=O) groups is 2. The zero-order valence-corrected chi connectivity index (χ0v) is 14.6. The molecule has 1 atom stereocenters. The summed E-state index contributed by atoms with van der Waals surface area (Å²) in [5, 5.41) is 5.71. The smallest absolute Gasteiger partial charge is 0.315 e. The summed E-state index contributed by atoms with van der Waals surface area (Å²) in [6, 6.07) is 7.59. The van der Waals surface area contributed by atoms with Crippen LogP contribution >= 0.6 is 0 Å². The predicted octanol–water partition coefficient (Wildman–Crippen LogP) is 2.08. The molecule has 136 valence electrons. The minimum Gasteiger partial charge on any atom is -0.491 e. The van der Waals surface area contributed by atoms with Crippen LogP contribution in [0.1, 0.15) is 37.7 Å². The molecule has 0 bridgehead atoms. The number of hydrogen-bond donors (Lipinski definition) is 2. The minimum atomic E-state index is -0.239. The number of rotatable bonds is 4. The van der Waals surface area contributed by atoms with Crippen LogP contribution < -0.4 is 15.4 Å². The number of likely N-dealkylation sites (tertiary alicyclic amines) is 1. The highest BCUT2D eigenvalue weighted by Gasteiger charge is 2.21. The van der Waals surface area contributed by atoms with Crippen molar-refractivity contribution in [2.45, 2.75) is 44.6 Å². The zero-order valence-electron chi connectivity index (χ0n) is 14.6. The molecule has 2 aliphatic rings. The maximum Gasteiger partial charge on any atom is 0.315 e. The van der Waals surface area contributed by atoms with E-state index in [0.29, 0.717) is 19.6 Å². The summed E-state index contributed by atoms with van der Waals surface area (Å²) in [4.78, 5) is 26.2. The van der Waals surface area contributed by atoms with Gasteiger partial charge in [0.2, 0.25) is 5.91 Å². The molecule has 6 nitrogen and oxygen atoms in total. The average molecular weight is 345 g/mol. The molecule has 2 aliphatic heterocycles. The van der Waals surface area contributed by atoms with Crippen LogP contribution in [-0.4, -0.2) is 49.1 Å². The second kappa shape index (κ2) is 8.74. The number of amides is 3. The number of nitrogens with zero attached hydrogens (tertiary/aromatic N) is 1. The molecule has 0 aromatic heterocycles. The van der Waals surface area contributed by atoms with Crippen LogP contribution in [0.25, 0.3) is 0 Å². The van der Waals surface area contributed by atoms with Crippen LogP contribution in [-0.2, 0) is 11.2 Å². The molecule has 6 heteroatoms. The van der Waals surface area contributed by atoms with E-state index in [4.69, 9.17) is 4.74 Å². The van der Waals surface area contributed by atoms with E-state index in [-0.39, 0.29) is 18.0 Å². The first kappa shape index (κ1) is 17.6. The fourth-order valence-corrected chi connectivity index (χ4v) is 3.42. The topological polar surface area (TPSA) is 70.7 Å². The molecule has 3 amide bonds. The highest BCUT2D eigenvalue weighted by atomic mass is 16.5. The molecule has 3 rings (SSSR count). The Balaban J connectivity index is 1.36. The Morgan fingerprint density at radius 3 is 2.68 bits per heavy atom. The number of urea groups is 1. The zero-order chi connectivity index (χ0) is 17.5. The number of ether oxygens (including phenoxy) is 1. The van der Waals surface area contributed by atoms with Crippen LogP contribution in [0.5, 0.6) is 5.75 Å². The molecule has 1 fully saturated rings. The Hall–Kier alpha value is -2.24. The molecule has 1 aromatic rings. The van der Waals surface area contributed by atoms with Gasteiger partial charge in [-0.25, -0.2) is 4.79 Å². The molecule has 0 saturated carbocycles. The number of nitrogens with one attached hydrogen (secondary N) is 2. The van der Waals surface area contributed by atoms with Crippen molar-refractivity contribution >= 4 is 11.9 Å². The number of fused-ring (bicyclic) bond motifs is 1. The van der Waals surface area contributed by atoms with Crippen molar-refractivity contribution in [1.82, 2.24) is 15.5 Å². The number of carbonyl (C=O) groups excluding carboxylic acids is 2. The van der Waals surface area contributed by atoms with E-state index in [0.717, 1.165) is 43.7 Å². The van der Waals surface area contributed by atoms with E-state index in [1.165, 1.54) is 12.8 Å². The first-order valence-electron chi connectivity index (χ1n) is 9.25. The lowest BCUT2D eigenvalue weighted by atomic mass is 10.0. The summed E-state index contributed by atoms with van der Waals surface area (Å²) < 4.78 is 5.67. The van der Waals surface area contributed by atoms with E-state index in [2.05, 4.69) is 10.6 Å². The molecule has 1 aromatic carbocycles. The second-order valence-corrected chi connectivity index (χ2v) is 6.77. The quantitative estimate of drug-likeness (QED) is 0.878. The fourth-order valence-electron chi connectivity index (χ4n) is 3.42. The largest absolute Gasteiger partial charge is 0.491 e. The van der Waals surface area contributed by atoms with E-state index in [9.17, 15) is 9.59 Å². The van der Waals surface area contributed by atoms with Crippen molar-refractivity contribution in [2.75, 3.05) is 26.2 Å². The third-order valence-electron chi connectivity index (χ3n) is 4.80. The molecule has 25 heavy (non-hydrogen) atoms. The van der Waals surface area contributed by atoms with Crippen LogP contribution in [0, 0.1) is 0 Å². The monoisotopic (exact) mass is 345 g/mol. The first-order valence-corrected chi connectivity index (χ1v) is 9.25. The molecule has 0 spiro atoms. The average Bonchev–Trinajstić information content (AvgIpc) is 2.91. The van der Waals surface area contributed by atoms with Gasteiger partial charge in [-0.1, -0.05) is 31.0 Å². The van der Waals surface area contributed by atoms with Crippen molar-refractivity contribution < 1.29 is 14.3 Å². The SMILES string of the molecule is O=C(NCCC(=O)N1CCCCCC1)N[C@@H]1COc2ccccc2C1. The Morgan fingerprint density at radius 2 is 1.88 bits per heavy atom. The number of para-hydroxylation sites is 1. The molecule has 0 radical (unpaired) electrons. The van der Waals surface area contributed by atoms with Crippen LogP contribution in [0.2, 0.25) is 0 Å². The standard InChI is InChI=1S/C19H27N3O3/c23-18(22-11-5-1-2-6-12-22)9-10-20-19(24)21-16-13-15-7-3-4-8-17(15)25-14-16/h3-4,7-8,16H,1-2,5-6,9-14H2,(H2,20,21,24)/t16-/m0/s1. The fraction of sp³-hybridized carbons (Fsp3) is 0.579. The first-order chi connectivity index (χ1) is 12.2. The lowest BCUT2D eigenvalue weighted by Crippen LogP contribution is -2.47. The summed E-state index contributed by atoms with van der Waals surface area (Å²) in [7, 11) is 0. The predicted molar refractivity (Wildman–Crippen MR) is 95.6 cm³/mol. The minimum absolute atomic E-state index is 0.0452. The highest BCUT2D eigenvalue weighted by Crippen LogP contribution is 2.23. The molecule has 2 heterocycles. The number of benzene rings is 1. The van der Waals surface area contributed by atoms with Gasteiger partial charge in [0.15, 0.2) is 0 Å². The molecule has 1 saturated heterocycles. The van der Waals surface area contributed by atoms with Crippen molar-refractivity contribution in [3.8, 4) is 5.75 Å². The summed E-state index contributed by atoms with van der Waals surface area (Å²) in [5.41, 5.74) is 1.11. The second-order valence-electron chi connectivity index (χ2n) is 6.77. The normalized spacial score (nSPS) is 20.0. The summed E-state index contributed by atoms with van der Waals surface area (Å²) >= 11 is 0. The Bertz CT molecular complexity index is 597. The van der Waals surface area contributed by atoms with E-state index < -0.39 is 0 Å². The Labute approximate surface area is 148 Å². The summed E-state index contributed by atoms with van der Waals surface area (Å²) in [6.07, 6.45) is 5.70. The lowest BCUT2D eigenvalue weighted by molar-refractivity contribution is -0.131. The van der Waals surface area contributed by atoms with Gasteiger partial charge in [-0.3, -0.25) is 4.79 Å². The van der Waals surface area contributed by atoms with Crippen molar-refractivity contribution in [2.24, 2.45) is 0 Å². The molecular weight excluding hydrogens is 318 g/mol. The van der Waals surface area contributed by atoms with Crippen molar-refractivity contribution in [3.63, 3.8) is 0 Å². The molecule has 0 unspecified atom stereocenters. The van der Waals surface area contributed by atoms with Gasteiger partial charge in [0.1, 0.15) is 12.4 Å². The molecule has 0 aliphatic carbocycles. The Kier molecular flexibility index (Phi) is 6.14. The number of hydrogen-bond acceptors (Lipinski definition) is 3. The van der Waals surface area contributed by atoms with E-state index >= 15 is 0 Å². The third-order valence-corrected chi connectivity index (χ3v) is 4.80. The molecule has 2 N–H and O–H groups in total. The van der Waals surface area contributed by atoms with Gasteiger partial charge in [-0.05, 0) is 30.9 Å². The van der Waals surface area contributed by atoms with Crippen LogP contribution in [0.15, 0.2) is 24.3 Å². The van der Waals surface area contributed by atoms with E-state index in [1.54, 1.807) is 0 Å². The third kappa shape index (κ3) is 5.11. The highest BCUT2D eigenvalue weighted by molar-refractivity contribution is 5.78. The van der Waals surface area contributed by atoms with Crippen molar-refractivity contribution in [3.05, 3.63) is 29.8 Å². The van der Waals surface area contributed by atoms with Gasteiger partial charge in [0, 0.05) is 26.1 Å². The van der Waals surface area contributed by atoms with Gasteiger partial charge >= 0.3 is 6.03 Å². The van der Waals surface area contributed by atoms with Crippen LogP contribution in [0.4, 0.5) is 4.79 Å². The Morgan fingerprint density at radius 1 is 1.12 bits per heavy atom. The molecular formula is C19H27N3O3. The maximum absolute atomic E-state index is 12.2. The van der Waals surface area contributed by atoms with Gasteiger partial charge in [0.25, 0.3) is 0 Å². The summed E-state index contributed by atoms with van der Waals surface area (Å²) in [6.45, 7) is 2.54. The maximum atomic E-state index is 12.2. The van der Waals surface area contributed by atoms with Gasteiger partial charge in [0.05, 0.1) is 6.04 Å². The van der Waals surface area contributed by atoms with Gasteiger partial charge in [-0.2, -0.15) is 0 Å². The van der Waals surface area contributed by atoms with Gasteiger partial charge in [-0.15, -0.1) is 0 Å². The summed E-state index contributed by atoms with van der Waals surface area (Å²) in [5.74, 6) is 1.03. The van der Waals surface area contributed by atoms with Crippen LogP contribution in [0.3, 0.4) is 0 Å². The van der Waals surface area contributed by atoms with Gasteiger partial charge < -0.3 is 20.3 Å². The van der Waals surface area contributed by atoms with Crippen molar-refractivity contribution in [1.29, 1.82) is 0 Å².